The van der Waals surface area contributed by atoms with Gasteiger partial charge in [0, 0.05) is 18.2 Å². The SMILES string of the molecule is C#CCOCCOC(=O)c1ccc(SC[C@H](NC(=O)CC[C@H](N)C(=O)O)C(=O)NCC(=O)O)c([N+](=O)[O-])c1. The first-order chi connectivity index (χ1) is 18.0. The highest BCUT2D eigenvalue weighted by Crippen LogP contribution is 2.31. The van der Waals surface area contributed by atoms with Gasteiger partial charge in [-0.05, 0) is 18.6 Å². The highest BCUT2D eigenvalue weighted by Gasteiger charge is 2.25. The lowest BCUT2D eigenvalue weighted by Gasteiger charge is -2.18. The predicted molar refractivity (Wildman–Crippen MR) is 131 cm³/mol. The van der Waals surface area contributed by atoms with Crippen LogP contribution in [-0.4, -0.2) is 89.1 Å². The average Bonchev–Trinajstić information content (AvgIpc) is 2.87. The molecule has 1 aromatic rings. The lowest BCUT2D eigenvalue weighted by atomic mass is 10.1. The van der Waals surface area contributed by atoms with Crippen molar-refractivity contribution < 1.29 is 48.6 Å². The Hall–Kier alpha value is -4.20. The zero-order valence-corrected chi connectivity index (χ0v) is 20.7. The van der Waals surface area contributed by atoms with Crippen LogP contribution in [0.3, 0.4) is 0 Å². The molecular formula is C22H26N4O11S. The zero-order chi connectivity index (χ0) is 28.7. The molecule has 2 atom stereocenters. The number of hydrogen-bond acceptors (Lipinski definition) is 11. The molecule has 0 aromatic heterocycles. The number of nitrogens with zero attached hydrogens (tertiary/aromatic N) is 1. The van der Waals surface area contributed by atoms with Gasteiger partial charge in [0.2, 0.25) is 11.8 Å². The Labute approximate surface area is 220 Å². The number of terminal acetylenes is 1. The Morgan fingerprint density at radius 2 is 1.92 bits per heavy atom. The Kier molecular flexibility index (Phi) is 13.8. The highest BCUT2D eigenvalue weighted by atomic mass is 32.2. The van der Waals surface area contributed by atoms with Crippen LogP contribution in [0.1, 0.15) is 23.2 Å². The molecule has 206 valence electrons. The molecular weight excluding hydrogens is 528 g/mol. The summed E-state index contributed by atoms with van der Waals surface area (Å²) in [7, 11) is 0. The molecule has 38 heavy (non-hydrogen) atoms. The third-order valence-electron chi connectivity index (χ3n) is 4.51. The van der Waals surface area contributed by atoms with Crippen LogP contribution in [0.25, 0.3) is 0 Å². The third-order valence-corrected chi connectivity index (χ3v) is 5.66. The number of hydrogen-bond donors (Lipinski definition) is 5. The number of nitro groups is 1. The standard InChI is InChI=1S/C22H26N4O11S/c1-2-7-36-8-9-37-22(33)13-3-5-17(16(10-13)26(34)35)38-12-15(20(30)24-11-19(28)29)25-18(27)6-4-14(23)21(31)32/h1,3,5,10,14-15H,4,6-9,11-12,23H2,(H,24,30)(H,25,27)(H,28,29)(H,31,32)/t14-,15-/m0/s1. The second-order valence-corrected chi connectivity index (χ2v) is 8.42. The van der Waals surface area contributed by atoms with Crippen molar-refractivity contribution in [2.24, 2.45) is 5.73 Å². The number of nitrogens with one attached hydrogen (secondary N) is 2. The number of carboxylic acids is 2. The van der Waals surface area contributed by atoms with E-state index >= 15 is 0 Å². The minimum absolute atomic E-state index is 0.0284. The zero-order valence-electron chi connectivity index (χ0n) is 19.9. The number of esters is 1. The molecule has 0 saturated heterocycles. The second kappa shape index (κ2) is 16.5. The first-order valence-corrected chi connectivity index (χ1v) is 11.8. The normalized spacial score (nSPS) is 11.9. The number of carboxylic acid groups (broad SMARTS) is 2. The van der Waals surface area contributed by atoms with Crippen LogP contribution in [0.5, 0.6) is 0 Å². The summed E-state index contributed by atoms with van der Waals surface area (Å²) < 4.78 is 9.93. The average molecular weight is 555 g/mol. The van der Waals surface area contributed by atoms with Crippen LogP contribution in [0, 0.1) is 22.5 Å². The fourth-order valence-electron chi connectivity index (χ4n) is 2.64. The van der Waals surface area contributed by atoms with Crippen LogP contribution in [0.4, 0.5) is 5.69 Å². The fraction of sp³-hybridized carbons (Fsp3) is 0.409. The molecule has 0 aliphatic carbocycles. The van der Waals surface area contributed by atoms with Crippen LogP contribution in [-0.2, 0) is 28.7 Å². The van der Waals surface area contributed by atoms with Gasteiger partial charge in [-0.25, -0.2) is 4.79 Å². The maximum Gasteiger partial charge on any atom is 0.338 e. The van der Waals surface area contributed by atoms with Crippen molar-refractivity contribution in [2.75, 3.05) is 32.1 Å². The number of thioether (sulfide) groups is 1. The molecule has 0 aliphatic rings. The Morgan fingerprint density at radius 3 is 2.53 bits per heavy atom. The smallest absolute Gasteiger partial charge is 0.338 e. The first-order valence-electron chi connectivity index (χ1n) is 10.8. The predicted octanol–water partition coefficient (Wildman–Crippen LogP) is -0.629. The molecule has 0 spiro atoms. The maximum atomic E-state index is 12.4. The summed E-state index contributed by atoms with van der Waals surface area (Å²) in [6.07, 6.45) is 4.46. The van der Waals surface area contributed by atoms with Crippen molar-refractivity contribution in [1.29, 1.82) is 0 Å². The number of carbonyl (C=O) groups excluding carboxylic acids is 3. The number of carbonyl (C=O) groups is 5. The van der Waals surface area contributed by atoms with Crippen molar-refractivity contribution in [3.63, 3.8) is 0 Å². The van der Waals surface area contributed by atoms with Gasteiger partial charge in [-0.3, -0.25) is 29.3 Å². The number of rotatable bonds is 17. The van der Waals surface area contributed by atoms with Crippen molar-refractivity contribution in [2.45, 2.75) is 29.8 Å². The second-order valence-electron chi connectivity index (χ2n) is 7.36. The molecule has 0 saturated carbocycles. The van der Waals surface area contributed by atoms with Crippen molar-refractivity contribution in [1.82, 2.24) is 10.6 Å². The first kappa shape index (κ1) is 31.8. The summed E-state index contributed by atoms with van der Waals surface area (Å²) in [6, 6.07) is 0.871. The molecule has 0 fully saturated rings. The van der Waals surface area contributed by atoms with Crippen LogP contribution >= 0.6 is 11.8 Å². The molecule has 1 rings (SSSR count). The largest absolute Gasteiger partial charge is 0.480 e. The van der Waals surface area contributed by atoms with Crippen LogP contribution in [0.15, 0.2) is 23.1 Å². The summed E-state index contributed by atoms with van der Waals surface area (Å²) in [5.74, 6) is -3.15. The van der Waals surface area contributed by atoms with E-state index in [2.05, 4.69) is 16.6 Å². The van der Waals surface area contributed by atoms with E-state index in [1.807, 2.05) is 0 Å². The summed E-state index contributed by atoms with van der Waals surface area (Å²) in [6.45, 7) is -0.814. The summed E-state index contributed by atoms with van der Waals surface area (Å²) >= 11 is 0.790. The van der Waals surface area contributed by atoms with Gasteiger partial charge in [0.1, 0.15) is 31.8 Å². The van der Waals surface area contributed by atoms with Gasteiger partial charge in [-0.2, -0.15) is 0 Å². The number of nitrogens with two attached hydrogens (primary N) is 1. The number of benzene rings is 1. The monoisotopic (exact) mass is 554 g/mol. The van der Waals surface area contributed by atoms with Crippen molar-refractivity contribution >= 4 is 47.2 Å². The topological polar surface area (TPSA) is 237 Å². The molecule has 16 heteroatoms. The van der Waals surface area contributed by atoms with Gasteiger partial charge in [0.05, 0.1) is 22.0 Å². The van der Waals surface area contributed by atoms with E-state index in [1.165, 1.54) is 12.1 Å². The van der Waals surface area contributed by atoms with Gasteiger partial charge in [-0.1, -0.05) is 5.92 Å². The number of nitro benzene ring substituents is 1. The van der Waals surface area contributed by atoms with Gasteiger partial charge >= 0.3 is 17.9 Å². The molecule has 6 N–H and O–H groups in total. The van der Waals surface area contributed by atoms with E-state index in [9.17, 15) is 34.1 Å². The summed E-state index contributed by atoms with van der Waals surface area (Å²) in [4.78, 5) is 69.3. The molecule has 0 aliphatic heterocycles. The molecule has 15 nitrogen and oxygen atoms in total. The molecule has 0 unspecified atom stereocenters. The molecule has 0 radical (unpaired) electrons. The Morgan fingerprint density at radius 1 is 1.21 bits per heavy atom. The molecule has 0 heterocycles. The van der Waals surface area contributed by atoms with Gasteiger partial charge in [-0.15, -0.1) is 18.2 Å². The maximum absolute atomic E-state index is 12.4. The van der Waals surface area contributed by atoms with Crippen LogP contribution in [0.2, 0.25) is 0 Å². The molecule has 2 amide bonds. The number of ether oxygens (including phenoxy) is 2. The third kappa shape index (κ3) is 11.7. The summed E-state index contributed by atoms with van der Waals surface area (Å²) in [5, 5.41) is 33.6. The minimum atomic E-state index is -1.34. The lowest BCUT2D eigenvalue weighted by Crippen LogP contribution is -2.49. The van der Waals surface area contributed by atoms with E-state index in [0.29, 0.717) is 0 Å². The summed E-state index contributed by atoms with van der Waals surface area (Å²) in [5.41, 5.74) is 4.77. The van der Waals surface area contributed by atoms with Crippen molar-refractivity contribution in [3.8, 4) is 12.3 Å². The Balaban J connectivity index is 2.94. The van der Waals surface area contributed by atoms with Gasteiger partial charge < -0.3 is 36.1 Å². The highest BCUT2D eigenvalue weighted by molar-refractivity contribution is 7.99. The number of amides is 2. The van der Waals surface area contributed by atoms with Gasteiger partial charge in [0.15, 0.2) is 0 Å². The van der Waals surface area contributed by atoms with Gasteiger partial charge in [0.25, 0.3) is 5.69 Å². The molecule has 0 bridgehead atoms. The van der Waals surface area contributed by atoms with E-state index in [0.717, 1.165) is 17.8 Å². The van der Waals surface area contributed by atoms with E-state index in [-0.39, 0.29) is 48.9 Å². The lowest BCUT2D eigenvalue weighted by molar-refractivity contribution is -0.387. The molecule has 1 aromatic carbocycles. The minimum Gasteiger partial charge on any atom is -0.480 e. The van der Waals surface area contributed by atoms with Crippen molar-refractivity contribution in [3.05, 3.63) is 33.9 Å². The Bertz CT molecular complexity index is 1090. The van der Waals surface area contributed by atoms with E-state index in [1.54, 1.807) is 0 Å². The number of aliphatic carboxylic acids is 2. The van der Waals surface area contributed by atoms with E-state index in [4.69, 9.17) is 31.8 Å². The quantitative estimate of drug-likeness (QED) is 0.0403. The van der Waals surface area contributed by atoms with Crippen LogP contribution < -0.4 is 16.4 Å². The fourth-order valence-corrected chi connectivity index (χ4v) is 3.66. The van der Waals surface area contributed by atoms with E-state index < -0.39 is 59.0 Å².